The summed E-state index contributed by atoms with van der Waals surface area (Å²) in [4.78, 5) is 13.0. The number of hydrogen-bond acceptors (Lipinski definition) is 5. The van der Waals surface area contributed by atoms with E-state index in [0.717, 1.165) is 37.4 Å². The van der Waals surface area contributed by atoms with Crippen molar-refractivity contribution in [2.45, 2.75) is 32.2 Å². The molecule has 116 valence electrons. The zero-order valence-electron chi connectivity index (χ0n) is 12.8. The smallest absolute Gasteiger partial charge is 0.273 e. The lowest BCUT2D eigenvalue weighted by Crippen LogP contribution is -2.31. The van der Waals surface area contributed by atoms with Gasteiger partial charge in [-0.25, -0.2) is 0 Å². The monoisotopic (exact) mass is 292 g/mol. The quantitative estimate of drug-likeness (QED) is 0.597. The number of nitro groups is 1. The highest BCUT2D eigenvalue weighted by Crippen LogP contribution is 2.25. The van der Waals surface area contributed by atoms with Crippen molar-refractivity contribution in [3.8, 4) is 0 Å². The minimum absolute atomic E-state index is 0.123. The summed E-state index contributed by atoms with van der Waals surface area (Å²) in [6.45, 7) is 4.83. The lowest BCUT2D eigenvalue weighted by Gasteiger charge is -2.20. The molecular formula is C15H24N4O2. The average Bonchev–Trinajstić information content (AvgIpc) is 2.88. The van der Waals surface area contributed by atoms with E-state index >= 15 is 0 Å². The van der Waals surface area contributed by atoms with Crippen LogP contribution in [0.25, 0.3) is 0 Å². The van der Waals surface area contributed by atoms with Crippen LogP contribution in [0.3, 0.4) is 0 Å². The van der Waals surface area contributed by atoms with Crippen molar-refractivity contribution < 1.29 is 4.92 Å². The Balaban J connectivity index is 2.05. The molecule has 1 saturated heterocycles. The van der Waals surface area contributed by atoms with Crippen LogP contribution in [0.15, 0.2) is 18.2 Å². The van der Waals surface area contributed by atoms with E-state index in [2.05, 4.69) is 29.5 Å². The van der Waals surface area contributed by atoms with Gasteiger partial charge in [-0.05, 0) is 38.9 Å². The first-order chi connectivity index (χ1) is 10.1. The lowest BCUT2D eigenvalue weighted by atomic mass is 10.2. The second-order valence-electron chi connectivity index (χ2n) is 5.61. The first-order valence-corrected chi connectivity index (χ1v) is 7.57. The molecule has 1 aliphatic heterocycles. The molecule has 6 heteroatoms. The highest BCUT2D eigenvalue weighted by atomic mass is 16.6. The molecule has 21 heavy (non-hydrogen) atoms. The fraction of sp³-hybridized carbons (Fsp3) is 0.600. The van der Waals surface area contributed by atoms with Gasteiger partial charge in [0.15, 0.2) is 0 Å². The van der Waals surface area contributed by atoms with Gasteiger partial charge in [0.2, 0.25) is 0 Å². The van der Waals surface area contributed by atoms with Crippen LogP contribution < -0.4 is 10.6 Å². The van der Waals surface area contributed by atoms with Gasteiger partial charge in [-0.2, -0.15) is 0 Å². The molecule has 0 aliphatic carbocycles. The van der Waals surface area contributed by atoms with E-state index in [1.807, 2.05) is 6.07 Å². The molecule has 0 saturated carbocycles. The fourth-order valence-corrected chi connectivity index (χ4v) is 2.66. The van der Waals surface area contributed by atoms with Crippen molar-refractivity contribution in [2.75, 3.05) is 37.3 Å². The molecule has 1 fully saturated rings. The third kappa shape index (κ3) is 4.32. The molecule has 1 aromatic carbocycles. The maximum atomic E-state index is 11.0. The van der Waals surface area contributed by atoms with Gasteiger partial charge in [0.1, 0.15) is 0 Å². The standard InChI is InChI=1S/C15H24N4O2/c1-3-6-16-12-8-13(10-15(9-12)19(20)21)17-11-14-5-4-7-18(14)2/h8-10,14,16-17H,3-7,11H2,1-2H3. The van der Waals surface area contributed by atoms with Gasteiger partial charge in [0.05, 0.1) is 4.92 Å². The highest BCUT2D eigenvalue weighted by molar-refractivity contribution is 5.63. The number of likely N-dealkylation sites (tertiary alicyclic amines) is 1. The van der Waals surface area contributed by atoms with Crippen molar-refractivity contribution in [2.24, 2.45) is 0 Å². The summed E-state index contributed by atoms with van der Waals surface area (Å²) in [5.41, 5.74) is 1.73. The number of non-ortho nitro benzene ring substituents is 1. The van der Waals surface area contributed by atoms with Crippen LogP contribution >= 0.6 is 0 Å². The van der Waals surface area contributed by atoms with E-state index in [1.165, 1.54) is 12.8 Å². The maximum absolute atomic E-state index is 11.0. The molecule has 0 radical (unpaired) electrons. The third-order valence-corrected chi connectivity index (χ3v) is 3.92. The van der Waals surface area contributed by atoms with Crippen LogP contribution in [0.2, 0.25) is 0 Å². The summed E-state index contributed by atoms with van der Waals surface area (Å²) < 4.78 is 0. The number of nitro benzene ring substituents is 1. The van der Waals surface area contributed by atoms with Crippen LogP contribution in [0, 0.1) is 10.1 Å². The number of nitrogens with zero attached hydrogens (tertiary/aromatic N) is 2. The normalized spacial score (nSPS) is 18.7. The SMILES string of the molecule is CCCNc1cc(NCC2CCCN2C)cc([N+](=O)[O-])c1. The predicted molar refractivity (Wildman–Crippen MR) is 86.0 cm³/mol. The van der Waals surface area contributed by atoms with Gasteiger partial charge < -0.3 is 15.5 Å². The number of benzene rings is 1. The van der Waals surface area contributed by atoms with Crippen molar-refractivity contribution in [1.82, 2.24) is 4.90 Å². The predicted octanol–water partition coefficient (Wildman–Crippen LogP) is 2.92. The maximum Gasteiger partial charge on any atom is 0.273 e. The Hall–Kier alpha value is -1.82. The minimum atomic E-state index is -0.343. The molecule has 1 unspecified atom stereocenters. The molecule has 0 bridgehead atoms. The Morgan fingerprint density at radius 1 is 1.33 bits per heavy atom. The van der Waals surface area contributed by atoms with Crippen LogP contribution in [-0.2, 0) is 0 Å². The largest absolute Gasteiger partial charge is 0.385 e. The van der Waals surface area contributed by atoms with E-state index in [0.29, 0.717) is 6.04 Å². The second-order valence-corrected chi connectivity index (χ2v) is 5.61. The Morgan fingerprint density at radius 3 is 2.62 bits per heavy atom. The molecule has 1 atom stereocenters. The Bertz CT molecular complexity index is 493. The number of rotatable bonds is 7. The van der Waals surface area contributed by atoms with E-state index in [1.54, 1.807) is 12.1 Å². The first-order valence-electron chi connectivity index (χ1n) is 7.57. The summed E-state index contributed by atoms with van der Waals surface area (Å²) in [7, 11) is 2.13. The van der Waals surface area contributed by atoms with Gasteiger partial charge in [0, 0.05) is 42.6 Å². The highest BCUT2D eigenvalue weighted by Gasteiger charge is 2.20. The van der Waals surface area contributed by atoms with Gasteiger partial charge in [0.25, 0.3) is 5.69 Å². The second kappa shape index (κ2) is 7.26. The van der Waals surface area contributed by atoms with Crippen molar-refractivity contribution in [1.29, 1.82) is 0 Å². The molecule has 0 aromatic heterocycles. The molecule has 2 rings (SSSR count). The van der Waals surface area contributed by atoms with Gasteiger partial charge in [-0.3, -0.25) is 10.1 Å². The molecule has 0 amide bonds. The summed E-state index contributed by atoms with van der Waals surface area (Å²) in [6.07, 6.45) is 3.39. The van der Waals surface area contributed by atoms with Crippen LogP contribution in [0.5, 0.6) is 0 Å². The average molecular weight is 292 g/mol. The van der Waals surface area contributed by atoms with Crippen LogP contribution in [0.1, 0.15) is 26.2 Å². The van der Waals surface area contributed by atoms with E-state index in [9.17, 15) is 10.1 Å². The molecule has 0 spiro atoms. The van der Waals surface area contributed by atoms with Crippen molar-refractivity contribution in [3.05, 3.63) is 28.3 Å². The molecule has 2 N–H and O–H groups in total. The Morgan fingerprint density at radius 2 is 2.05 bits per heavy atom. The van der Waals surface area contributed by atoms with Gasteiger partial charge in [-0.15, -0.1) is 0 Å². The summed E-state index contributed by atoms with van der Waals surface area (Å²) in [5, 5.41) is 17.6. The topological polar surface area (TPSA) is 70.4 Å². The molecule has 1 heterocycles. The minimum Gasteiger partial charge on any atom is -0.385 e. The molecule has 6 nitrogen and oxygen atoms in total. The van der Waals surface area contributed by atoms with Crippen LogP contribution in [-0.4, -0.2) is 42.5 Å². The zero-order valence-corrected chi connectivity index (χ0v) is 12.8. The number of hydrogen-bond donors (Lipinski definition) is 2. The zero-order chi connectivity index (χ0) is 15.2. The summed E-state index contributed by atoms with van der Waals surface area (Å²) >= 11 is 0. The molecule has 1 aromatic rings. The lowest BCUT2D eigenvalue weighted by molar-refractivity contribution is -0.384. The van der Waals surface area contributed by atoms with Gasteiger partial charge in [-0.1, -0.05) is 6.92 Å². The summed E-state index contributed by atoms with van der Waals surface area (Å²) in [5.74, 6) is 0. The van der Waals surface area contributed by atoms with E-state index in [-0.39, 0.29) is 10.6 Å². The first kappa shape index (κ1) is 15.6. The van der Waals surface area contributed by atoms with E-state index in [4.69, 9.17) is 0 Å². The Labute approximate surface area is 125 Å². The van der Waals surface area contributed by atoms with Crippen molar-refractivity contribution >= 4 is 17.1 Å². The number of nitrogens with one attached hydrogen (secondary N) is 2. The number of anilines is 2. The van der Waals surface area contributed by atoms with Gasteiger partial charge >= 0.3 is 0 Å². The third-order valence-electron chi connectivity index (χ3n) is 3.92. The van der Waals surface area contributed by atoms with E-state index < -0.39 is 0 Å². The molecular weight excluding hydrogens is 268 g/mol. The fourth-order valence-electron chi connectivity index (χ4n) is 2.66. The molecule has 1 aliphatic rings. The number of likely N-dealkylation sites (N-methyl/N-ethyl adjacent to an activating group) is 1. The summed E-state index contributed by atoms with van der Waals surface area (Å²) in [6, 6.07) is 5.64. The van der Waals surface area contributed by atoms with Crippen molar-refractivity contribution in [3.63, 3.8) is 0 Å². The Kier molecular flexibility index (Phi) is 5.38. The van der Waals surface area contributed by atoms with Crippen LogP contribution in [0.4, 0.5) is 17.1 Å².